The molecule has 6 heteroatoms. The van der Waals surface area contributed by atoms with Gasteiger partial charge in [-0.15, -0.1) is 0 Å². The van der Waals surface area contributed by atoms with E-state index in [0.29, 0.717) is 5.82 Å². The van der Waals surface area contributed by atoms with Gasteiger partial charge in [-0.25, -0.2) is 4.98 Å². The standard InChI is InChI=1S/C8H9F3N2O/c9-8(10,11)6(14)5-13-7-3-1-2-4-12-7/h1-4,6,14H,5H2,(H,12,13)/t6-/m1/s1. The summed E-state index contributed by atoms with van der Waals surface area (Å²) in [5.74, 6) is 0.302. The summed E-state index contributed by atoms with van der Waals surface area (Å²) >= 11 is 0. The van der Waals surface area contributed by atoms with E-state index >= 15 is 0 Å². The molecule has 0 aliphatic carbocycles. The largest absolute Gasteiger partial charge is 0.416 e. The van der Waals surface area contributed by atoms with Crippen LogP contribution < -0.4 is 5.32 Å². The van der Waals surface area contributed by atoms with Gasteiger partial charge in [-0.2, -0.15) is 13.2 Å². The number of aliphatic hydroxyl groups is 1. The molecule has 0 radical (unpaired) electrons. The number of alkyl halides is 3. The molecule has 0 unspecified atom stereocenters. The molecule has 1 aromatic rings. The van der Waals surface area contributed by atoms with Gasteiger partial charge in [-0.1, -0.05) is 6.07 Å². The Bertz CT molecular complexity index is 276. The summed E-state index contributed by atoms with van der Waals surface area (Å²) in [6.45, 7) is -0.597. The Morgan fingerprint density at radius 2 is 2.14 bits per heavy atom. The van der Waals surface area contributed by atoms with E-state index < -0.39 is 18.8 Å². The summed E-state index contributed by atoms with van der Waals surface area (Å²) in [5.41, 5.74) is 0. The van der Waals surface area contributed by atoms with E-state index in [-0.39, 0.29) is 0 Å². The third-order valence-corrected chi connectivity index (χ3v) is 1.52. The first kappa shape index (κ1) is 10.8. The maximum Gasteiger partial charge on any atom is 0.416 e. The lowest BCUT2D eigenvalue weighted by Crippen LogP contribution is -2.35. The molecule has 1 aromatic heterocycles. The minimum Gasteiger partial charge on any atom is -0.382 e. The zero-order valence-electron chi connectivity index (χ0n) is 7.12. The van der Waals surface area contributed by atoms with Crippen LogP contribution in [0.15, 0.2) is 24.4 Å². The number of nitrogens with one attached hydrogen (secondary N) is 1. The average molecular weight is 206 g/mol. The highest BCUT2D eigenvalue weighted by molar-refractivity contribution is 5.33. The molecule has 0 aliphatic rings. The minimum atomic E-state index is -4.60. The highest BCUT2D eigenvalue weighted by Crippen LogP contribution is 2.19. The summed E-state index contributed by atoms with van der Waals surface area (Å²) < 4.78 is 35.5. The minimum absolute atomic E-state index is 0.302. The molecule has 0 spiro atoms. The van der Waals surface area contributed by atoms with Crippen molar-refractivity contribution in [2.45, 2.75) is 12.3 Å². The number of hydrogen-bond donors (Lipinski definition) is 2. The number of aromatic nitrogens is 1. The molecule has 14 heavy (non-hydrogen) atoms. The number of hydrogen-bond acceptors (Lipinski definition) is 3. The molecule has 0 saturated heterocycles. The van der Waals surface area contributed by atoms with Crippen LogP contribution >= 0.6 is 0 Å². The van der Waals surface area contributed by atoms with Crippen molar-refractivity contribution >= 4 is 5.82 Å². The van der Waals surface area contributed by atoms with E-state index in [0.717, 1.165) is 0 Å². The van der Waals surface area contributed by atoms with E-state index in [1.807, 2.05) is 0 Å². The molecule has 78 valence electrons. The third kappa shape index (κ3) is 3.21. The zero-order valence-corrected chi connectivity index (χ0v) is 7.12. The quantitative estimate of drug-likeness (QED) is 0.786. The Morgan fingerprint density at radius 3 is 2.64 bits per heavy atom. The number of aliphatic hydroxyl groups excluding tert-OH is 1. The Labute approximate surface area is 78.6 Å². The van der Waals surface area contributed by atoms with Crippen LogP contribution in [0.1, 0.15) is 0 Å². The fraction of sp³-hybridized carbons (Fsp3) is 0.375. The van der Waals surface area contributed by atoms with Crippen molar-refractivity contribution in [1.82, 2.24) is 4.98 Å². The lowest BCUT2D eigenvalue weighted by Gasteiger charge is -2.14. The van der Waals surface area contributed by atoms with Crippen molar-refractivity contribution in [2.24, 2.45) is 0 Å². The van der Waals surface area contributed by atoms with Crippen LogP contribution in [0.4, 0.5) is 19.0 Å². The van der Waals surface area contributed by atoms with E-state index in [4.69, 9.17) is 5.11 Å². The van der Waals surface area contributed by atoms with Crippen molar-refractivity contribution < 1.29 is 18.3 Å². The van der Waals surface area contributed by atoms with Crippen molar-refractivity contribution in [3.8, 4) is 0 Å². The maximum absolute atomic E-state index is 11.8. The second-order valence-corrected chi connectivity index (χ2v) is 2.65. The summed E-state index contributed by atoms with van der Waals surface area (Å²) in [6, 6.07) is 4.80. The topological polar surface area (TPSA) is 45.1 Å². The van der Waals surface area contributed by atoms with E-state index in [1.165, 1.54) is 12.3 Å². The molecule has 0 fully saturated rings. The van der Waals surface area contributed by atoms with Crippen LogP contribution in [0.25, 0.3) is 0 Å². The highest BCUT2D eigenvalue weighted by atomic mass is 19.4. The first-order valence-electron chi connectivity index (χ1n) is 3.90. The van der Waals surface area contributed by atoms with Gasteiger partial charge in [-0.3, -0.25) is 0 Å². The molecule has 0 aliphatic heterocycles. The molecule has 1 heterocycles. The summed E-state index contributed by atoms with van der Waals surface area (Å²) in [7, 11) is 0. The first-order chi connectivity index (χ1) is 6.50. The van der Waals surface area contributed by atoms with Gasteiger partial charge in [0.15, 0.2) is 6.10 Å². The molecule has 3 nitrogen and oxygen atoms in total. The molecule has 0 aromatic carbocycles. The Morgan fingerprint density at radius 1 is 1.43 bits per heavy atom. The SMILES string of the molecule is O[C@H](CNc1ccccn1)C(F)(F)F. The summed E-state index contributed by atoms with van der Waals surface area (Å²) in [5, 5.41) is 11.0. The van der Waals surface area contributed by atoms with E-state index in [2.05, 4.69) is 10.3 Å². The second-order valence-electron chi connectivity index (χ2n) is 2.65. The highest BCUT2D eigenvalue weighted by Gasteiger charge is 2.37. The van der Waals surface area contributed by atoms with Crippen LogP contribution in [0.2, 0.25) is 0 Å². The van der Waals surface area contributed by atoms with Crippen molar-refractivity contribution in [3.05, 3.63) is 24.4 Å². The maximum atomic E-state index is 11.8. The van der Waals surface area contributed by atoms with Crippen LogP contribution in [0.5, 0.6) is 0 Å². The lowest BCUT2D eigenvalue weighted by molar-refractivity contribution is -0.198. The van der Waals surface area contributed by atoms with Gasteiger partial charge < -0.3 is 10.4 Å². The average Bonchev–Trinajstić information content (AvgIpc) is 2.14. The van der Waals surface area contributed by atoms with Gasteiger partial charge in [0, 0.05) is 6.20 Å². The Kier molecular flexibility index (Phi) is 3.29. The Balaban J connectivity index is 2.42. The molecular weight excluding hydrogens is 197 g/mol. The van der Waals surface area contributed by atoms with Crippen LogP contribution in [-0.2, 0) is 0 Å². The first-order valence-corrected chi connectivity index (χ1v) is 3.90. The summed E-state index contributed by atoms with van der Waals surface area (Å²) in [4.78, 5) is 3.74. The van der Waals surface area contributed by atoms with Gasteiger partial charge in [-0.05, 0) is 12.1 Å². The van der Waals surface area contributed by atoms with Crippen molar-refractivity contribution in [1.29, 1.82) is 0 Å². The molecule has 1 rings (SSSR count). The van der Waals surface area contributed by atoms with Gasteiger partial charge in [0.25, 0.3) is 0 Å². The van der Waals surface area contributed by atoms with Crippen LogP contribution in [-0.4, -0.2) is 28.9 Å². The number of halogens is 3. The second kappa shape index (κ2) is 4.28. The van der Waals surface area contributed by atoms with Crippen LogP contribution in [0, 0.1) is 0 Å². The molecule has 1 atom stereocenters. The predicted octanol–water partition coefficient (Wildman–Crippen LogP) is 1.42. The molecule has 2 N–H and O–H groups in total. The van der Waals surface area contributed by atoms with E-state index in [1.54, 1.807) is 12.1 Å². The Hall–Kier alpha value is -1.30. The van der Waals surface area contributed by atoms with Gasteiger partial charge in [0.1, 0.15) is 5.82 Å². The van der Waals surface area contributed by atoms with Gasteiger partial charge in [0.05, 0.1) is 6.54 Å². The number of rotatable bonds is 3. The smallest absolute Gasteiger partial charge is 0.382 e. The van der Waals surface area contributed by atoms with Gasteiger partial charge >= 0.3 is 6.18 Å². The third-order valence-electron chi connectivity index (χ3n) is 1.52. The molecular formula is C8H9F3N2O. The van der Waals surface area contributed by atoms with E-state index in [9.17, 15) is 13.2 Å². The summed E-state index contributed by atoms with van der Waals surface area (Å²) in [6.07, 6.45) is -5.52. The monoisotopic (exact) mass is 206 g/mol. The zero-order chi connectivity index (χ0) is 10.6. The van der Waals surface area contributed by atoms with Crippen molar-refractivity contribution in [3.63, 3.8) is 0 Å². The predicted molar refractivity (Wildman–Crippen MR) is 44.8 cm³/mol. The van der Waals surface area contributed by atoms with Gasteiger partial charge in [0.2, 0.25) is 0 Å². The van der Waals surface area contributed by atoms with Crippen LogP contribution in [0.3, 0.4) is 0 Å². The number of nitrogens with zero attached hydrogens (tertiary/aromatic N) is 1. The fourth-order valence-corrected chi connectivity index (χ4v) is 0.784. The van der Waals surface area contributed by atoms with Crippen molar-refractivity contribution in [2.75, 3.05) is 11.9 Å². The number of anilines is 1. The fourth-order valence-electron chi connectivity index (χ4n) is 0.784. The normalized spacial score (nSPS) is 13.7. The molecule has 0 amide bonds. The lowest BCUT2D eigenvalue weighted by atomic mass is 10.3. The molecule has 0 bridgehead atoms. The number of pyridine rings is 1. The molecule has 0 saturated carbocycles.